The van der Waals surface area contributed by atoms with Gasteiger partial charge in [-0.15, -0.1) is 11.3 Å². The average molecular weight is 325 g/mol. The van der Waals surface area contributed by atoms with Crippen LogP contribution in [0.15, 0.2) is 54.2 Å². The number of nitrogens with zero attached hydrogens (tertiary/aromatic N) is 2. The number of hydrogen-bond acceptors (Lipinski definition) is 6. The number of carbonyl (C=O) groups excluding carboxylic acids is 1. The molecule has 0 saturated heterocycles. The molecule has 0 fully saturated rings. The van der Waals surface area contributed by atoms with Crippen molar-refractivity contribution in [2.24, 2.45) is 0 Å². The van der Waals surface area contributed by atoms with Gasteiger partial charge in [0.15, 0.2) is 0 Å². The van der Waals surface area contributed by atoms with Crippen LogP contribution in [0.1, 0.15) is 15.4 Å². The molecule has 0 spiro atoms. The third-order valence-corrected chi connectivity index (χ3v) is 3.99. The molecule has 0 unspecified atom stereocenters. The third-order valence-electron chi connectivity index (χ3n) is 3.12. The first-order valence-electron chi connectivity index (χ1n) is 6.96. The molecule has 3 rings (SSSR count). The Labute approximate surface area is 137 Å². The molecular formula is C16H15N5OS. The molecule has 2 aromatic heterocycles. The van der Waals surface area contributed by atoms with Crippen LogP contribution in [-0.2, 0) is 6.54 Å². The molecule has 116 valence electrons. The predicted octanol–water partition coefficient (Wildman–Crippen LogP) is 2.98. The second-order valence-corrected chi connectivity index (χ2v) is 5.79. The van der Waals surface area contributed by atoms with Crippen molar-refractivity contribution in [2.75, 3.05) is 16.4 Å². The number of amides is 1. The lowest BCUT2D eigenvalue weighted by atomic mass is 10.2. The number of para-hydroxylation sites is 2. The van der Waals surface area contributed by atoms with Crippen molar-refractivity contribution >= 4 is 34.4 Å². The summed E-state index contributed by atoms with van der Waals surface area (Å²) < 4.78 is 0. The van der Waals surface area contributed by atoms with Crippen molar-refractivity contribution < 1.29 is 4.79 Å². The van der Waals surface area contributed by atoms with Crippen LogP contribution in [-0.4, -0.2) is 15.9 Å². The van der Waals surface area contributed by atoms with E-state index in [0.717, 1.165) is 0 Å². The zero-order valence-electron chi connectivity index (χ0n) is 12.2. The van der Waals surface area contributed by atoms with Crippen molar-refractivity contribution in [1.82, 2.24) is 9.97 Å². The van der Waals surface area contributed by atoms with Gasteiger partial charge in [-0.3, -0.25) is 4.79 Å². The molecule has 23 heavy (non-hydrogen) atoms. The molecule has 1 aromatic carbocycles. The SMILES string of the molecule is Nc1ccccc1NC(=O)c1cnc(NCc2cccs2)cn1. The second-order valence-electron chi connectivity index (χ2n) is 4.76. The van der Waals surface area contributed by atoms with E-state index in [-0.39, 0.29) is 11.6 Å². The minimum Gasteiger partial charge on any atom is -0.397 e. The Kier molecular flexibility index (Phi) is 4.49. The maximum atomic E-state index is 12.1. The Morgan fingerprint density at radius 2 is 2.00 bits per heavy atom. The van der Waals surface area contributed by atoms with Gasteiger partial charge < -0.3 is 16.4 Å². The highest BCUT2D eigenvalue weighted by molar-refractivity contribution is 7.09. The van der Waals surface area contributed by atoms with Gasteiger partial charge in [-0.1, -0.05) is 18.2 Å². The summed E-state index contributed by atoms with van der Waals surface area (Å²) in [7, 11) is 0. The number of benzene rings is 1. The molecule has 0 radical (unpaired) electrons. The molecular weight excluding hydrogens is 310 g/mol. The number of anilines is 3. The van der Waals surface area contributed by atoms with Gasteiger partial charge in [0.2, 0.25) is 0 Å². The number of aromatic nitrogens is 2. The van der Waals surface area contributed by atoms with Crippen LogP contribution in [0, 0.1) is 0 Å². The maximum Gasteiger partial charge on any atom is 0.275 e. The van der Waals surface area contributed by atoms with Crippen LogP contribution >= 0.6 is 11.3 Å². The normalized spacial score (nSPS) is 10.3. The van der Waals surface area contributed by atoms with Gasteiger partial charge in [0.25, 0.3) is 5.91 Å². The zero-order chi connectivity index (χ0) is 16.1. The summed E-state index contributed by atoms with van der Waals surface area (Å²) in [5.41, 5.74) is 7.09. The average Bonchev–Trinajstić information content (AvgIpc) is 3.09. The predicted molar refractivity (Wildman–Crippen MR) is 92.5 cm³/mol. The van der Waals surface area contributed by atoms with E-state index in [0.29, 0.717) is 23.7 Å². The highest BCUT2D eigenvalue weighted by Crippen LogP contribution is 2.17. The highest BCUT2D eigenvalue weighted by atomic mass is 32.1. The van der Waals surface area contributed by atoms with Gasteiger partial charge in [0, 0.05) is 4.88 Å². The van der Waals surface area contributed by atoms with Crippen molar-refractivity contribution in [3.05, 3.63) is 64.7 Å². The van der Waals surface area contributed by atoms with E-state index < -0.39 is 0 Å². The van der Waals surface area contributed by atoms with Crippen molar-refractivity contribution in [3.63, 3.8) is 0 Å². The Hall–Kier alpha value is -2.93. The summed E-state index contributed by atoms with van der Waals surface area (Å²) in [6.07, 6.45) is 2.97. The fraction of sp³-hybridized carbons (Fsp3) is 0.0625. The first-order chi connectivity index (χ1) is 11.2. The summed E-state index contributed by atoms with van der Waals surface area (Å²) in [4.78, 5) is 21.7. The minimum atomic E-state index is -0.347. The molecule has 1 amide bonds. The molecule has 0 saturated carbocycles. The van der Waals surface area contributed by atoms with E-state index in [1.165, 1.54) is 17.3 Å². The Morgan fingerprint density at radius 3 is 2.70 bits per heavy atom. The molecule has 7 heteroatoms. The van der Waals surface area contributed by atoms with Crippen LogP contribution in [0.4, 0.5) is 17.2 Å². The van der Waals surface area contributed by atoms with E-state index in [1.807, 2.05) is 17.5 Å². The molecule has 6 nitrogen and oxygen atoms in total. The molecule has 3 aromatic rings. The highest BCUT2D eigenvalue weighted by Gasteiger charge is 2.10. The zero-order valence-corrected chi connectivity index (χ0v) is 13.0. The smallest absolute Gasteiger partial charge is 0.275 e. The standard InChI is InChI=1S/C16H15N5OS/c17-12-5-1-2-6-13(12)21-16(22)14-9-20-15(10-18-14)19-8-11-4-3-7-23-11/h1-7,9-10H,8,17H2,(H,19,20)(H,21,22). The second kappa shape index (κ2) is 6.89. The van der Waals surface area contributed by atoms with Gasteiger partial charge in [0.05, 0.1) is 30.3 Å². The van der Waals surface area contributed by atoms with Crippen molar-refractivity contribution in [1.29, 1.82) is 0 Å². The van der Waals surface area contributed by atoms with Gasteiger partial charge >= 0.3 is 0 Å². The van der Waals surface area contributed by atoms with Gasteiger partial charge in [0.1, 0.15) is 11.5 Å². The monoisotopic (exact) mass is 325 g/mol. The lowest BCUT2D eigenvalue weighted by Crippen LogP contribution is -2.15. The van der Waals surface area contributed by atoms with Gasteiger partial charge in [-0.25, -0.2) is 9.97 Å². The van der Waals surface area contributed by atoms with Gasteiger partial charge in [-0.2, -0.15) is 0 Å². The van der Waals surface area contributed by atoms with E-state index >= 15 is 0 Å². The third kappa shape index (κ3) is 3.83. The lowest BCUT2D eigenvalue weighted by molar-refractivity contribution is 0.102. The van der Waals surface area contributed by atoms with E-state index in [9.17, 15) is 4.79 Å². The molecule has 0 aliphatic heterocycles. The van der Waals surface area contributed by atoms with Crippen LogP contribution in [0.3, 0.4) is 0 Å². The van der Waals surface area contributed by atoms with E-state index in [4.69, 9.17) is 5.73 Å². The first kappa shape index (κ1) is 15.0. The van der Waals surface area contributed by atoms with Crippen LogP contribution in [0.25, 0.3) is 0 Å². The summed E-state index contributed by atoms with van der Waals surface area (Å²) in [6, 6.07) is 11.1. The number of nitrogen functional groups attached to an aromatic ring is 1. The largest absolute Gasteiger partial charge is 0.397 e. The summed E-state index contributed by atoms with van der Waals surface area (Å²) in [5, 5.41) is 7.89. The number of hydrogen-bond donors (Lipinski definition) is 3. The fourth-order valence-corrected chi connectivity index (χ4v) is 2.57. The summed E-state index contributed by atoms with van der Waals surface area (Å²) >= 11 is 1.67. The maximum absolute atomic E-state index is 12.1. The molecule has 0 bridgehead atoms. The lowest BCUT2D eigenvalue weighted by Gasteiger charge is -2.08. The Bertz CT molecular complexity index is 786. The number of carbonyl (C=O) groups is 1. The number of rotatable bonds is 5. The summed E-state index contributed by atoms with van der Waals surface area (Å²) in [5.74, 6) is 0.273. The quantitative estimate of drug-likeness (QED) is 0.627. The molecule has 2 heterocycles. The minimum absolute atomic E-state index is 0.231. The number of nitrogens with two attached hydrogens (primary N) is 1. The van der Waals surface area contributed by atoms with Crippen LogP contribution < -0.4 is 16.4 Å². The molecule has 0 aliphatic rings. The molecule has 4 N–H and O–H groups in total. The van der Waals surface area contributed by atoms with E-state index in [2.05, 4.69) is 20.6 Å². The Morgan fingerprint density at radius 1 is 1.13 bits per heavy atom. The van der Waals surface area contributed by atoms with E-state index in [1.54, 1.807) is 35.6 Å². The van der Waals surface area contributed by atoms with Crippen molar-refractivity contribution in [3.8, 4) is 0 Å². The molecule has 0 aliphatic carbocycles. The Balaban J connectivity index is 1.62. The van der Waals surface area contributed by atoms with Crippen molar-refractivity contribution in [2.45, 2.75) is 6.54 Å². The van der Waals surface area contributed by atoms with Gasteiger partial charge in [-0.05, 0) is 23.6 Å². The number of nitrogens with one attached hydrogen (secondary N) is 2. The summed E-state index contributed by atoms with van der Waals surface area (Å²) in [6.45, 7) is 0.679. The topological polar surface area (TPSA) is 92.9 Å². The first-order valence-corrected chi connectivity index (χ1v) is 7.84. The van der Waals surface area contributed by atoms with Crippen LogP contribution in [0.2, 0.25) is 0 Å². The number of thiophene rings is 1. The van der Waals surface area contributed by atoms with Crippen LogP contribution in [0.5, 0.6) is 0 Å². The fourth-order valence-electron chi connectivity index (χ4n) is 1.92. The molecule has 0 atom stereocenters.